The van der Waals surface area contributed by atoms with Gasteiger partial charge >= 0.3 is 0 Å². The number of thiophene rings is 1. The average Bonchev–Trinajstić information content (AvgIpc) is 2.88. The van der Waals surface area contributed by atoms with Crippen molar-refractivity contribution in [2.24, 2.45) is 0 Å². The van der Waals surface area contributed by atoms with Crippen molar-refractivity contribution in [1.82, 2.24) is 4.31 Å². The van der Waals surface area contributed by atoms with Crippen molar-refractivity contribution >= 4 is 38.6 Å². The summed E-state index contributed by atoms with van der Waals surface area (Å²) < 4.78 is 26.3. The molecule has 0 aliphatic carbocycles. The van der Waals surface area contributed by atoms with Gasteiger partial charge in [-0.2, -0.15) is 4.31 Å². The molecule has 0 saturated carbocycles. The number of benzene rings is 1. The van der Waals surface area contributed by atoms with Gasteiger partial charge in [0.2, 0.25) is 10.0 Å². The fourth-order valence-corrected chi connectivity index (χ4v) is 4.02. The first-order chi connectivity index (χ1) is 9.32. The van der Waals surface area contributed by atoms with Gasteiger partial charge in [0.1, 0.15) is 0 Å². The van der Waals surface area contributed by atoms with E-state index in [2.05, 4.69) is 0 Å². The van der Waals surface area contributed by atoms with E-state index in [1.807, 2.05) is 17.5 Å². The number of hydrogen-bond donors (Lipinski definition) is 1. The molecule has 0 aliphatic rings. The quantitative estimate of drug-likeness (QED) is 0.876. The van der Waals surface area contributed by atoms with Gasteiger partial charge in [-0.25, -0.2) is 8.42 Å². The van der Waals surface area contributed by atoms with Crippen LogP contribution >= 0.6 is 22.9 Å². The second-order valence-corrected chi connectivity index (χ2v) is 7.94. The Morgan fingerprint density at radius 3 is 2.65 bits per heavy atom. The number of rotatable bonds is 4. The van der Waals surface area contributed by atoms with Crippen LogP contribution in [0.4, 0.5) is 5.69 Å². The van der Waals surface area contributed by atoms with E-state index in [0.717, 1.165) is 4.88 Å². The standard InChI is InChI=1S/C13H15ClN2O2S2/c1-9-6-11(7-12(15)13(9)14)20(17,18)16(2)8-10-4-3-5-19-10/h3-7H,8,15H2,1-2H3. The number of sulfonamides is 1. The van der Waals surface area contributed by atoms with Crippen LogP contribution in [-0.2, 0) is 16.6 Å². The Morgan fingerprint density at radius 1 is 1.40 bits per heavy atom. The smallest absolute Gasteiger partial charge is 0.243 e. The van der Waals surface area contributed by atoms with Gasteiger partial charge in [0, 0.05) is 18.5 Å². The van der Waals surface area contributed by atoms with E-state index in [-0.39, 0.29) is 10.6 Å². The summed E-state index contributed by atoms with van der Waals surface area (Å²) in [5.41, 5.74) is 6.66. The minimum atomic E-state index is -3.58. The van der Waals surface area contributed by atoms with Crippen molar-refractivity contribution in [1.29, 1.82) is 0 Å². The highest BCUT2D eigenvalue weighted by molar-refractivity contribution is 7.89. The first-order valence-electron chi connectivity index (χ1n) is 5.86. The van der Waals surface area contributed by atoms with Crippen molar-refractivity contribution < 1.29 is 8.42 Å². The number of nitrogen functional groups attached to an aromatic ring is 1. The zero-order valence-electron chi connectivity index (χ0n) is 11.1. The maximum atomic E-state index is 12.5. The normalized spacial score (nSPS) is 12.0. The Morgan fingerprint density at radius 2 is 2.10 bits per heavy atom. The van der Waals surface area contributed by atoms with E-state index in [4.69, 9.17) is 17.3 Å². The second kappa shape index (κ2) is 5.73. The maximum Gasteiger partial charge on any atom is 0.243 e. The second-order valence-electron chi connectivity index (χ2n) is 4.48. The minimum absolute atomic E-state index is 0.163. The molecule has 2 N–H and O–H groups in total. The molecule has 0 atom stereocenters. The topological polar surface area (TPSA) is 63.4 Å². The van der Waals surface area contributed by atoms with Crippen LogP contribution in [0.1, 0.15) is 10.4 Å². The van der Waals surface area contributed by atoms with Crippen molar-refractivity contribution in [3.63, 3.8) is 0 Å². The number of nitrogens with zero attached hydrogens (tertiary/aromatic N) is 1. The lowest BCUT2D eigenvalue weighted by Crippen LogP contribution is -2.26. The highest BCUT2D eigenvalue weighted by Gasteiger charge is 2.22. The van der Waals surface area contributed by atoms with Gasteiger partial charge in [-0.15, -0.1) is 11.3 Å². The highest BCUT2D eigenvalue weighted by Crippen LogP contribution is 2.28. The lowest BCUT2D eigenvalue weighted by molar-refractivity contribution is 0.469. The average molecular weight is 331 g/mol. The van der Waals surface area contributed by atoms with Gasteiger partial charge < -0.3 is 5.73 Å². The van der Waals surface area contributed by atoms with Crippen LogP contribution in [0.3, 0.4) is 0 Å². The molecule has 0 unspecified atom stereocenters. The maximum absolute atomic E-state index is 12.5. The van der Waals surface area contributed by atoms with Gasteiger partial charge in [0.25, 0.3) is 0 Å². The van der Waals surface area contributed by atoms with Crippen molar-refractivity contribution in [3.05, 3.63) is 45.1 Å². The van der Waals surface area contributed by atoms with Gasteiger partial charge in [-0.05, 0) is 36.1 Å². The summed E-state index contributed by atoms with van der Waals surface area (Å²) in [7, 11) is -2.02. The molecule has 0 saturated heterocycles. The van der Waals surface area contributed by atoms with E-state index < -0.39 is 10.0 Å². The van der Waals surface area contributed by atoms with Crippen LogP contribution in [0, 0.1) is 6.92 Å². The zero-order chi connectivity index (χ0) is 14.9. The molecule has 1 aromatic heterocycles. The minimum Gasteiger partial charge on any atom is -0.397 e. The molecule has 20 heavy (non-hydrogen) atoms. The van der Waals surface area contributed by atoms with E-state index >= 15 is 0 Å². The Bertz CT molecular complexity index is 689. The monoisotopic (exact) mass is 330 g/mol. The van der Waals surface area contributed by atoms with E-state index in [1.54, 1.807) is 20.0 Å². The zero-order valence-corrected chi connectivity index (χ0v) is 13.5. The Kier molecular flexibility index (Phi) is 4.39. The molecule has 0 aliphatic heterocycles. The Balaban J connectivity index is 2.35. The number of hydrogen-bond acceptors (Lipinski definition) is 4. The molecule has 2 rings (SSSR count). The van der Waals surface area contributed by atoms with Gasteiger partial charge in [-0.3, -0.25) is 0 Å². The van der Waals surface area contributed by atoms with E-state index in [1.165, 1.54) is 21.7 Å². The lowest BCUT2D eigenvalue weighted by atomic mass is 10.2. The molecule has 0 bridgehead atoms. The highest BCUT2D eigenvalue weighted by atomic mass is 35.5. The number of anilines is 1. The molecule has 0 fully saturated rings. The van der Waals surface area contributed by atoms with Gasteiger partial charge in [0.15, 0.2) is 0 Å². The number of nitrogens with two attached hydrogens (primary N) is 1. The molecular weight excluding hydrogens is 316 g/mol. The predicted octanol–water partition coefficient (Wildman–Crippen LogP) is 3.11. The summed E-state index contributed by atoms with van der Waals surface area (Å²) in [6, 6.07) is 6.73. The van der Waals surface area contributed by atoms with Crippen LogP contribution in [-0.4, -0.2) is 19.8 Å². The van der Waals surface area contributed by atoms with Crippen molar-refractivity contribution in [2.45, 2.75) is 18.4 Å². The SMILES string of the molecule is Cc1cc(S(=O)(=O)N(C)Cc2cccs2)cc(N)c1Cl. The number of halogens is 1. The molecule has 0 spiro atoms. The fourth-order valence-electron chi connectivity index (χ4n) is 1.80. The van der Waals surface area contributed by atoms with Crippen LogP contribution < -0.4 is 5.73 Å². The Labute approximate surface area is 127 Å². The molecule has 108 valence electrons. The van der Waals surface area contributed by atoms with Crippen LogP contribution in [0.25, 0.3) is 0 Å². The summed E-state index contributed by atoms with van der Waals surface area (Å²) in [6.45, 7) is 2.07. The first kappa shape index (κ1) is 15.3. The predicted molar refractivity (Wildman–Crippen MR) is 83.6 cm³/mol. The molecule has 4 nitrogen and oxygen atoms in total. The van der Waals surface area contributed by atoms with Crippen molar-refractivity contribution in [3.8, 4) is 0 Å². The van der Waals surface area contributed by atoms with Crippen LogP contribution in [0.5, 0.6) is 0 Å². The van der Waals surface area contributed by atoms with E-state index in [9.17, 15) is 8.42 Å². The molecule has 0 amide bonds. The Hall–Kier alpha value is -1.08. The van der Waals surface area contributed by atoms with Crippen molar-refractivity contribution in [2.75, 3.05) is 12.8 Å². The molecule has 0 radical (unpaired) electrons. The molecular formula is C13H15ClN2O2S2. The summed E-state index contributed by atoms with van der Waals surface area (Å²) >= 11 is 7.48. The largest absolute Gasteiger partial charge is 0.397 e. The number of aryl methyl sites for hydroxylation is 1. The lowest BCUT2D eigenvalue weighted by Gasteiger charge is -2.17. The van der Waals surface area contributed by atoms with Crippen LogP contribution in [0.15, 0.2) is 34.5 Å². The molecule has 1 aromatic carbocycles. The summed E-state index contributed by atoms with van der Waals surface area (Å²) in [4.78, 5) is 1.14. The van der Waals surface area contributed by atoms with E-state index in [0.29, 0.717) is 17.1 Å². The molecule has 7 heteroatoms. The molecule has 1 heterocycles. The third-order valence-electron chi connectivity index (χ3n) is 2.92. The molecule has 2 aromatic rings. The summed E-state index contributed by atoms with van der Waals surface area (Å²) in [6.07, 6.45) is 0. The summed E-state index contributed by atoms with van der Waals surface area (Å²) in [5.74, 6) is 0. The summed E-state index contributed by atoms with van der Waals surface area (Å²) in [5, 5.41) is 2.31. The van der Waals surface area contributed by atoms with Gasteiger partial charge in [0.05, 0.1) is 15.6 Å². The van der Waals surface area contributed by atoms with Crippen LogP contribution in [0.2, 0.25) is 5.02 Å². The third-order valence-corrected chi connectivity index (χ3v) is 6.08. The first-order valence-corrected chi connectivity index (χ1v) is 8.56. The van der Waals surface area contributed by atoms with Gasteiger partial charge in [-0.1, -0.05) is 17.7 Å². The fraction of sp³-hybridized carbons (Fsp3) is 0.231. The third kappa shape index (κ3) is 2.98.